The van der Waals surface area contributed by atoms with Gasteiger partial charge in [-0.2, -0.15) is 0 Å². The molecule has 0 rings (SSSR count). The molecule has 1 amide bonds. The van der Waals surface area contributed by atoms with Gasteiger partial charge in [0, 0.05) is 5.54 Å². The highest BCUT2D eigenvalue weighted by Crippen LogP contribution is 2.09. The molecule has 0 aliphatic rings. The molecular formula is C5H6ClNO2S. The number of carbonyl (C=O) groups is 2. The summed E-state index contributed by atoms with van der Waals surface area (Å²) in [6.07, 6.45) is 0.476. The molecule has 0 heterocycles. The first-order valence-corrected chi connectivity index (χ1v) is 3.75. The SMILES string of the molecule is NC(=O)C(C=O)S/C=C/Cl. The second-order valence-electron chi connectivity index (χ2n) is 1.36. The van der Waals surface area contributed by atoms with Crippen molar-refractivity contribution in [2.45, 2.75) is 5.25 Å². The third kappa shape index (κ3) is 3.53. The molecule has 0 aromatic carbocycles. The lowest BCUT2D eigenvalue weighted by atomic mass is 10.4. The number of rotatable bonds is 4. The highest BCUT2D eigenvalue weighted by Gasteiger charge is 2.11. The van der Waals surface area contributed by atoms with Gasteiger partial charge in [0.15, 0.2) is 0 Å². The summed E-state index contributed by atoms with van der Waals surface area (Å²) in [6, 6.07) is 0. The molecule has 0 aromatic rings. The first-order chi connectivity index (χ1) is 4.72. The van der Waals surface area contributed by atoms with E-state index in [1.807, 2.05) is 0 Å². The van der Waals surface area contributed by atoms with Crippen LogP contribution in [-0.2, 0) is 9.59 Å². The summed E-state index contributed by atoms with van der Waals surface area (Å²) in [5, 5.41) is 0.598. The van der Waals surface area contributed by atoms with Crippen LogP contribution in [0.3, 0.4) is 0 Å². The van der Waals surface area contributed by atoms with Crippen molar-refractivity contribution in [2.75, 3.05) is 0 Å². The summed E-state index contributed by atoms with van der Waals surface area (Å²) < 4.78 is 0. The number of primary amides is 1. The number of amides is 1. The van der Waals surface area contributed by atoms with E-state index in [4.69, 9.17) is 17.3 Å². The van der Waals surface area contributed by atoms with Crippen molar-refractivity contribution in [1.82, 2.24) is 0 Å². The molecule has 3 nitrogen and oxygen atoms in total. The third-order valence-corrected chi connectivity index (χ3v) is 1.89. The molecule has 0 aliphatic carbocycles. The predicted octanol–water partition coefficient (Wildman–Crippen LogP) is 0.482. The van der Waals surface area contributed by atoms with Crippen LogP contribution in [0.5, 0.6) is 0 Å². The Kier molecular flexibility index (Phi) is 5.06. The van der Waals surface area contributed by atoms with Crippen LogP contribution in [0.1, 0.15) is 0 Å². The van der Waals surface area contributed by atoms with E-state index >= 15 is 0 Å². The molecule has 5 heteroatoms. The second-order valence-corrected chi connectivity index (χ2v) is 2.66. The number of halogens is 1. The molecule has 0 fully saturated rings. The van der Waals surface area contributed by atoms with Crippen LogP contribution in [0.2, 0.25) is 0 Å². The summed E-state index contributed by atoms with van der Waals surface area (Å²) in [7, 11) is 0. The Bertz CT molecular complexity index is 160. The number of nitrogens with two attached hydrogens (primary N) is 1. The maximum Gasteiger partial charge on any atom is 0.238 e. The molecule has 0 saturated heterocycles. The summed E-state index contributed by atoms with van der Waals surface area (Å²) in [5.41, 5.74) is 6.03. The fraction of sp³-hybridized carbons (Fsp3) is 0.200. The topological polar surface area (TPSA) is 60.2 Å². The van der Waals surface area contributed by atoms with E-state index in [-0.39, 0.29) is 0 Å². The molecular weight excluding hydrogens is 174 g/mol. The number of hydrogen-bond acceptors (Lipinski definition) is 3. The molecule has 0 bridgehead atoms. The van der Waals surface area contributed by atoms with E-state index in [1.165, 1.54) is 10.9 Å². The van der Waals surface area contributed by atoms with E-state index in [1.54, 1.807) is 0 Å². The van der Waals surface area contributed by atoms with Gasteiger partial charge < -0.3 is 10.5 Å². The van der Waals surface area contributed by atoms with Crippen molar-refractivity contribution in [3.8, 4) is 0 Å². The summed E-state index contributed by atoms with van der Waals surface area (Å²) in [4.78, 5) is 20.4. The lowest BCUT2D eigenvalue weighted by molar-refractivity contribution is -0.120. The van der Waals surface area contributed by atoms with Crippen molar-refractivity contribution in [3.05, 3.63) is 10.9 Å². The zero-order chi connectivity index (χ0) is 7.98. The molecule has 1 unspecified atom stereocenters. The van der Waals surface area contributed by atoms with Crippen LogP contribution < -0.4 is 5.73 Å². The Morgan fingerprint density at radius 1 is 1.70 bits per heavy atom. The van der Waals surface area contributed by atoms with E-state index in [0.29, 0.717) is 6.29 Å². The van der Waals surface area contributed by atoms with Gasteiger partial charge in [-0.3, -0.25) is 4.79 Å². The predicted molar refractivity (Wildman–Crippen MR) is 41.6 cm³/mol. The molecule has 1 atom stereocenters. The maximum atomic E-state index is 10.3. The zero-order valence-electron chi connectivity index (χ0n) is 4.99. The number of carbonyl (C=O) groups excluding carboxylic acids is 2. The lowest BCUT2D eigenvalue weighted by Crippen LogP contribution is -2.26. The van der Waals surface area contributed by atoms with Crippen LogP contribution in [0.25, 0.3) is 0 Å². The lowest BCUT2D eigenvalue weighted by Gasteiger charge is -1.98. The summed E-state index contributed by atoms with van der Waals surface area (Å²) >= 11 is 6.11. The number of thioether (sulfide) groups is 1. The summed E-state index contributed by atoms with van der Waals surface area (Å²) in [6.45, 7) is 0. The third-order valence-electron chi connectivity index (χ3n) is 0.681. The minimum absolute atomic E-state index is 0.476. The number of hydrogen-bond donors (Lipinski definition) is 1. The molecule has 10 heavy (non-hydrogen) atoms. The van der Waals surface area contributed by atoms with Crippen molar-refractivity contribution in [2.24, 2.45) is 5.73 Å². The fourth-order valence-electron chi connectivity index (χ4n) is 0.281. The Morgan fingerprint density at radius 2 is 2.30 bits per heavy atom. The molecule has 56 valence electrons. The van der Waals surface area contributed by atoms with Crippen LogP contribution in [0, 0.1) is 0 Å². The Morgan fingerprint density at radius 3 is 2.60 bits per heavy atom. The van der Waals surface area contributed by atoms with Crippen LogP contribution in [0.15, 0.2) is 10.9 Å². The molecule has 0 aliphatic heterocycles. The van der Waals surface area contributed by atoms with Gasteiger partial charge in [0.1, 0.15) is 11.5 Å². The van der Waals surface area contributed by atoms with Crippen LogP contribution in [0.4, 0.5) is 0 Å². The molecule has 0 aromatic heterocycles. The Hall–Kier alpha value is -0.480. The van der Waals surface area contributed by atoms with E-state index in [9.17, 15) is 9.59 Å². The Balaban J connectivity index is 3.83. The normalized spacial score (nSPS) is 13.3. The van der Waals surface area contributed by atoms with E-state index in [0.717, 1.165) is 11.8 Å². The molecule has 0 spiro atoms. The van der Waals surface area contributed by atoms with Gasteiger partial charge in [-0.25, -0.2) is 0 Å². The second kappa shape index (κ2) is 5.32. The zero-order valence-corrected chi connectivity index (χ0v) is 6.56. The average Bonchev–Trinajstić information content (AvgIpc) is 1.89. The van der Waals surface area contributed by atoms with Crippen molar-refractivity contribution >= 4 is 35.6 Å². The van der Waals surface area contributed by atoms with Gasteiger partial charge in [-0.15, -0.1) is 11.8 Å². The monoisotopic (exact) mass is 179 g/mol. The average molecular weight is 180 g/mol. The minimum atomic E-state index is -0.824. The van der Waals surface area contributed by atoms with Gasteiger partial charge in [0.05, 0.1) is 0 Å². The highest BCUT2D eigenvalue weighted by atomic mass is 35.5. The smallest absolute Gasteiger partial charge is 0.238 e. The fourth-order valence-corrected chi connectivity index (χ4v) is 0.886. The Labute approximate surface area is 67.6 Å². The van der Waals surface area contributed by atoms with Crippen molar-refractivity contribution in [3.63, 3.8) is 0 Å². The number of aldehydes is 1. The minimum Gasteiger partial charge on any atom is -0.368 e. The largest absolute Gasteiger partial charge is 0.368 e. The quantitative estimate of drug-likeness (QED) is 0.505. The molecule has 0 saturated carbocycles. The standard InChI is InChI=1S/C5H6ClNO2S/c6-1-2-10-4(3-8)5(7)9/h1-4H,(H2,7,9)/b2-1+. The highest BCUT2D eigenvalue weighted by molar-refractivity contribution is 8.04. The summed E-state index contributed by atoms with van der Waals surface area (Å²) in [5.74, 6) is -0.658. The maximum absolute atomic E-state index is 10.3. The van der Waals surface area contributed by atoms with Gasteiger partial charge in [-0.1, -0.05) is 11.6 Å². The van der Waals surface area contributed by atoms with Crippen LogP contribution >= 0.6 is 23.4 Å². The van der Waals surface area contributed by atoms with E-state index < -0.39 is 11.2 Å². The van der Waals surface area contributed by atoms with Crippen molar-refractivity contribution in [1.29, 1.82) is 0 Å². The van der Waals surface area contributed by atoms with Gasteiger partial charge in [-0.05, 0) is 5.41 Å². The van der Waals surface area contributed by atoms with E-state index in [2.05, 4.69) is 0 Å². The van der Waals surface area contributed by atoms with Crippen LogP contribution in [-0.4, -0.2) is 17.4 Å². The molecule has 0 radical (unpaired) electrons. The first-order valence-electron chi connectivity index (χ1n) is 2.37. The molecule has 2 N–H and O–H groups in total. The first kappa shape index (κ1) is 9.52. The van der Waals surface area contributed by atoms with Crippen molar-refractivity contribution < 1.29 is 9.59 Å². The van der Waals surface area contributed by atoms with Gasteiger partial charge >= 0.3 is 0 Å². The van der Waals surface area contributed by atoms with Gasteiger partial charge in [0.2, 0.25) is 5.91 Å². The van der Waals surface area contributed by atoms with Gasteiger partial charge in [0.25, 0.3) is 0 Å².